The number of nitrogens with one attached hydrogen (secondary N) is 1. The molecule has 3 nitrogen and oxygen atoms in total. The Morgan fingerprint density at radius 3 is 2.73 bits per heavy atom. The van der Waals surface area contributed by atoms with Crippen molar-refractivity contribution in [3.05, 3.63) is 52.5 Å². The molecule has 1 heterocycles. The van der Waals surface area contributed by atoms with E-state index in [4.69, 9.17) is 16.3 Å². The fourth-order valence-corrected chi connectivity index (χ4v) is 2.93. The number of fused-ring (bicyclic) bond motifs is 1. The van der Waals surface area contributed by atoms with Crippen molar-refractivity contribution in [2.24, 2.45) is 0 Å². The fraction of sp³-hybridized carbons (Fsp3) is 0.278. The molecule has 1 N–H and O–H groups in total. The van der Waals surface area contributed by atoms with Gasteiger partial charge in [0.25, 0.3) is 0 Å². The van der Waals surface area contributed by atoms with E-state index in [1.54, 1.807) is 0 Å². The molecule has 2 aromatic rings. The van der Waals surface area contributed by atoms with Crippen molar-refractivity contribution >= 4 is 17.5 Å². The SMILES string of the molecule is CC(=O)NC[C@@H]1Cc2cc(C)cc(-c3ccc(Cl)cc3)c2O1. The molecule has 1 atom stereocenters. The molecule has 114 valence electrons. The van der Waals surface area contributed by atoms with Crippen LogP contribution in [0.5, 0.6) is 5.75 Å². The summed E-state index contributed by atoms with van der Waals surface area (Å²) in [5.41, 5.74) is 4.56. The Morgan fingerprint density at radius 2 is 2.05 bits per heavy atom. The lowest BCUT2D eigenvalue weighted by atomic mass is 9.98. The smallest absolute Gasteiger partial charge is 0.217 e. The third-order valence-corrected chi connectivity index (χ3v) is 4.03. The molecule has 0 saturated carbocycles. The lowest BCUT2D eigenvalue weighted by Crippen LogP contribution is -2.32. The summed E-state index contributed by atoms with van der Waals surface area (Å²) < 4.78 is 6.08. The predicted molar refractivity (Wildman–Crippen MR) is 88.4 cm³/mol. The van der Waals surface area contributed by atoms with Gasteiger partial charge in [-0.25, -0.2) is 0 Å². The predicted octanol–water partition coefficient (Wildman–Crippen LogP) is 3.76. The first-order valence-corrected chi connectivity index (χ1v) is 7.71. The quantitative estimate of drug-likeness (QED) is 0.936. The van der Waals surface area contributed by atoms with Gasteiger partial charge < -0.3 is 10.1 Å². The number of halogens is 1. The highest BCUT2D eigenvalue weighted by molar-refractivity contribution is 6.30. The summed E-state index contributed by atoms with van der Waals surface area (Å²) in [5, 5.41) is 3.54. The molecule has 0 aromatic heterocycles. The molecule has 0 saturated heterocycles. The van der Waals surface area contributed by atoms with Gasteiger partial charge in [0.2, 0.25) is 5.91 Å². The largest absolute Gasteiger partial charge is 0.487 e. The van der Waals surface area contributed by atoms with Gasteiger partial charge in [0.05, 0.1) is 6.54 Å². The molecule has 22 heavy (non-hydrogen) atoms. The van der Waals surface area contributed by atoms with Crippen LogP contribution in [0, 0.1) is 6.92 Å². The second-order valence-electron chi connectivity index (χ2n) is 5.69. The Morgan fingerprint density at radius 1 is 1.32 bits per heavy atom. The summed E-state index contributed by atoms with van der Waals surface area (Å²) >= 11 is 5.97. The van der Waals surface area contributed by atoms with Gasteiger partial charge >= 0.3 is 0 Å². The average Bonchev–Trinajstić information content (AvgIpc) is 2.88. The molecule has 3 rings (SSSR count). The number of aryl methyl sites for hydroxylation is 1. The highest BCUT2D eigenvalue weighted by atomic mass is 35.5. The molecule has 4 heteroatoms. The van der Waals surface area contributed by atoms with Crippen LogP contribution < -0.4 is 10.1 Å². The zero-order valence-corrected chi connectivity index (χ0v) is 13.4. The Hall–Kier alpha value is -2.00. The van der Waals surface area contributed by atoms with E-state index < -0.39 is 0 Å². The standard InChI is InChI=1S/C18H18ClNO2/c1-11-7-14-9-16(10-20-12(2)21)22-18(14)17(8-11)13-3-5-15(19)6-4-13/h3-8,16H,9-10H2,1-2H3,(H,20,21)/t16-/m0/s1. The maximum atomic E-state index is 11.1. The summed E-state index contributed by atoms with van der Waals surface area (Å²) in [4.78, 5) is 11.1. The van der Waals surface area contributed by atoms with Crippen LogP contribution in [0.4, 0.5) is 0 Å². The zero-order valence-electron chi connectivity index (χ0n) is 12.7. The van der Waals surface area contributed by atoms with Gasteiger partial charge in [0.15, 0.2) is 0 Å². The van der Waals surface area contributed by atoms with E-state index in [9.17, 15) is 4.79 Å². The van der Waals surface area contributed by atoms with Gasteiger partial charge in [0.1, 0.15) is 11.9 Å². The van der Waals surface area contributed by atoms with Gasteiger partial charge in [-0.1, -0.05) is 29.8 Å². The zero-order chi connectivity index (χ0) is 15.7. The summed E-state index contributed by atoms with van der Waals surface area (Å²) in [7, 11) is 0. The number of hydrogen-bond donors (Lipinski definition) is 1. The fourth-order valence-electron chi connectivity index (χ4n) is 2.81. The molecule has 0 unspecified atom stereocenters. The number of amides is 1. The first-order chi connectivity index (χ1) is 10.5. The van der Waals surface area contributed by atoms with E-state index in [0.29, 0.717) is 6.54 Å². The lowest BCUT2D eigenvalue weighted by Gasteiger charge is -2.13. The van der Waals surface area contributed by atoms with Gasteiger partial charge in [-0.3, -0.25) is 4.79 Å². The third-order valence-electron chi connectivity index (χ3n) is 3.78. The van der Waals surface area contributed by atoms with Crippen molar-refractivity contribution in [1.29, 1.82) is 0 Å². The van der Waals surface area contributed by atoms with Gasteiger partial charge in [-0.05, 0) is 41.8 Å². The van der Waals surface area contributed by atoms with Crippen molar-refractivity contribution < 1.29 is 9.53 Å². The van der Waals surface area contributed by atoms with E-state index in [1.165, 1.54) is 18.1 Å². The lowest BCUT2D eigenvalue weighted by molar-refractivity contribution is -0.119. The van der Waals surface area contributed by atoms with Crippen molar-refractivity contribution in [2.45, 2.75) is 26.4 Å². The molecular formula is C18H18ClNO2. The average molecular weight is 316 g/mol. The third kappa shape index (κ3) is 3.09. The summed E-state index contributed by atoms with van der Waals surface area (Å²) in [6.45, 7) is 4.13. The first-order valence-electron chi connectivity index (χ1n) is 7.33. The highest BCUT2D eigenvalue weighted by Crippen LogP contribution is 2.40. The second-order valence-corrected chi connectivity index (χ2v) is 6.13. The van der Waals surface area contributed by atoms with Crippen LogP contribution >= 0.6 is 11.6 Å². The van der Waals surface area contributed by atoms with E-state index >= 15 is 0 Å². The van der Waals surface area contributed by atoms with Crippen LogP contribution in [-0.2, 0) is 11.2 Å². The van der Waals surface area contributed by atoms with E-state index in [-0.39, 0.29) is 12.0 Å². The molecule has 1 aliphatic rings. The molecule has 0 fully saturated rings. The molecule has 1 amide bonds. The van der Waals surface area contributed by atoms with Crippen molar-refractivity contribution in [2.75, 3.05) is 6.54 Å². The van der Waals surface area contributed by atoms with Gasteiger partial charge in [0, 0.05) is 23.9 Å². The first kappa shape index (κ1) is 14.9. The van der Waals surface area contributed by atoms with E-state index in [1.807, 2.05) is 24.3 Å². The van der Waals surface area contributed by atoms with E-state index in [0.717, 1.165) is 28.3 Å². The van der Waals surface area contributed by atoms with Crippen LogP contribution in [0.1, 0.15) is 18.1 Å². The highest BCUT2D eigenvalue weighted by Gasteiger charge is 2.26. The normalized spacial score (nSPS) is 16.0. The van der Waals surface area contributed by atoms with Crippen molar-refractivity contribution in [1.82, 2.24) is 5.32 Å². The van der Waals surface area contributed by atoms with E-state index in [2.05, 4.69) is 24.4 Å². The molecule has 0 radical (unpaired) electrons. The maximum absolute atomic E-state index is 11.1. The molecule has 1 aliphatic heterocycles. The van der Waals surface area contributed by atoms with Crippen LogP contribution in [0.15, 0.2) is 36.4 Å². The van der Waals surface area contributed by atoms with Crippen LogP contribution in [0.2, 0.25) is 5.02 Å². The minimum absolute atomic E-state index is 0.00764. The van der Waals surface area contributed by atoms with Crippen molar-refractivity contribution in [3.8, 4) is 16.9 Å². The molecule has 0 aliphatic carbocycles. The topological polar surface area (TPSA) is 38.3 Å². The molecule has 0 spiro atoms. The minimum Gasteiger partial charge on any atom is -0.487 e. The number of ether oxygens (including phenoxy) is 1. The summed E-state index contributed by atoms with van der Waals surface area (Å²) in [6, 6.07) is 12.1. The summed E-state index contributed by atoms with van der Waals surface area (Å²) in [6.07, 6.45) is 0.810. The van der Waals surface area contributed by atoms with Crippen molar-refractivity contribution in [3.63, 3.8) is 0 Å². The Kier molecular flexibility index (Phi) is 4.08. The summed E-state index contributed by atoms with van der Waals surface area (Å²) in [5.74, 6) is 0.886. The number of carbonyl (C=O) groups excluding carboxylic acids is 1. The molecule has 2 aromatic carbocycles. The van der Waals surface area contributed by atoms with Gasteiger partial charge in [-0.2, -0.15) is 0 Å². The maximum Gasteiger partial charge on any atom is 0.217 e. The van der Waals surface area contributed by atoms with Crippen LogP contribution in [0.3, 0.4) is 0 Å². The minimum atomic E-state index is -0.0336. The Bertz CT molecular complexity index is 710. The number of benzene rings is 2. The molecular weight excluding hydrogens is 298 g/mol. The van der Waals surface area contributed by atoms with Crippen LogP contribution in [0.25, 0.3) is 11.1 Å². The number of carbonyl (C=O) groups is 1. The van der Waals surface area contributed by atoms with Gasteiger partial charge in [-0.15, -0.1) is 0 Å². The molecule has 0 bridgehead atoms. The Balaban J connectivity index is 1.92. The monoisotopic (exact) mass is 315 g/mol. The Labute approximate surface area is 135 Å². The van der Waals surface area contributed by atoms with Crippen LogP contribution in [-0.4, -0.2) is 18.6 Å². The second kappa shape index (κ2) is 6.01. The number of rotatable bonds is 3. The number of hydrogen-bond acceptors (Lipinski definition) is 2.